The molecular formula is C29H30ClN5O5S. The van der Waals surface area contributed by atoms with E-state index in [2.05, 4.69) is 20.5 Å². The maximum Gasteiger partial charge on any atom is 0.292 e. The van der Waals surface area contributed by atoms with Gasteiger partial charge in [0.05, 0.1) is 34.6 Å². The molecule has 4 aromatic rings. The van der Waals surface area contributed by atoms with Crippen LogP contribution in [0.1, 0.15) is 58.9 Å². The minimum absolute atomic E-state index is 0.156. The van der Waals surface area contributed by atoms with Crippen molar-refractivity contribution in [2.45, 2.75) is 57.1 Å². The fourth-order valence-electron chi connectivity index (χ4n) is 5.91. The molecule has 2 atom stereocenters. The zero-order valence-corrected chi connectivity index (χ0v) is 24.1. The molecule has 0 saturated carbocycles. The summed E-state index contributed by atoms with van der Waals surface area (Å²) in [6.45, 7) is 5.92. The number of nitrogens with one attached hydrogen (secondary N) is 1. The lowest BCUT2D eigenvalue weighted by atomic mass is 9.88. The first kappa shape index (κ1) is 26.7. The Hall–Kier alpha value is -3.22. The molecule has 0 bridgehead atoms. The van der Waals surface area contributed by atoms with Crippen LogP contribution >= 0.6 is 22.9 Å². The lowest BCUT2D eigenvalue weighted by Crippen LogP contribution is -2.35. The maximum absolute atomic E-state index is 12.0. The second kappa shape index (κ2) is 10.6. The van der Waals surface area contributed by atoms with Crippen molar-refractivity contribution in [3.05, 3.63) is 69.6 Å². The second-order valence-electron chi connectivity index (χ2n) is 10.9. The Balaban J connectivity index is 1.06. The second-order valence-corrected chi connectivity index (χ2v) is 12.4. The summed E-state index contributed by atoms with van der Waals surface area (Å²) in [5.74, 6) is 1.32. The number of piperidine rings is 1. The highest BCUT2D eigenvalue weighted by Crippen LogP contribution is 2.49. The molecular weight excluding hydrogens is 566 g/mol. The molecule has 214 valence electrons. The summed E-state index contributed by atoms with van der Waals surface area (Å²) in [4.78, 5) is 25.0. The molecule has 3 aliphatic rings. The van der Waals surface area contributed by atoms with Gasteiger partial charge in [-0.3, -0.25) is 19.9 Å². The molecule has 7 rings (SSSR count). The van der Waals surface area contributed by atoms with Crippen LogP contribution in [0, 0.1) is 0 Å². The van der Waals surface area contributed by atoms with E-state index in [0.29, 0.717) is 28.1 Å². The van der Waals surface area contributed by atoms with Gasteiger partial charge in [0.25, 0.3) is 11.7 Å². The summed E-state index contributed by atoms with van der Waals surface area (Å²) in [6.07, 6.45) is 4.74. The van der Waals surface area contributed by atoms with E-state index in [1.165, 1.54) is 16.9 Å². The van der Waals surface area contributed by atoms with Crippen LogP contribution in [0.3, 0.4) is 0 Å². The van der Waals surface area contributed by atoms with Crippen LogP contribution in [0.5, 0.6) is 11.5 Å². The van der Waals surface area contributed by atoms with E-state index in [1.807, 2.05) is 25.1 Å². The largest absolute Gasteiger partial charge is 0.443 e. The summed E-state index contributed by atoms with van der Waals surface area (Å²) in [5, 5.41) is 9.62. The molecule has 41 heavy (non-hydrogen) atoms. The van der Waals surface area contributed by atoms with Gasteiger partial charge in [-0.15, -0.1) is 11.3 Å². The monoisotopic (exact) mass is 595 g/mol. The van der Waals surface area contributed by atoms with E-state index in [1.54, 1.807) is 23.8 Å². The number of carbonyl (C=O) groups is 1. The summed E-state index contributed by atoms with van der Waals surface area (Å²) in [5.41, 5.74) is 4.46. The number of likely N-dealkylation sites (tertiary alicyclic amines) is 1. The molecule has 0 radical (unpaired) electrons. The van der Waals surface area contributed by atoms with Gasteiger partial charge in [0.15, 0.2) is 11.5 Å². The molecule has 2 N–H and O–H groups in total. The predicted molar refractivity (Wildman–Crippen MR) is 153 cm³/mol. The number of benzene rings is 1. The highest BCUT2D eigenvalue weighted by atomic mass is 35.5. The third-order valence-electron chi connectivity index (χ3n) is 8.23. The molecule has 0 aliphatic carbocycles. The Morgan fingerprint density at radius 1 is 1.22 bits per heavy atom. The summed E-state index contributed by atoms with van der Waals surface area (Å²) >= 11 is 7.33. The number of halogens is 1. The predicted octanol–water partition coefficient (Wildman–Crippen LogP) is 5.08. The molecule has 10 nitrogen and oxygen atoms in total. The van der Waals surface area contributed by atoms with E-state index in [4.69, 9.17) is 36.0 Å². The Kier molecular flexibility index (Phi) is 6.87. The summed E-state index contributed by atoms with van der Waals surface area (Å²) < 4.78 is 20.6. The standard InChI is InChI=1S/C29H30ClN5O5S/c1-29(24-6-5-18(30)14-31-24)39-22-4-2-3-20(26(22)40-29)17-7-10-34(11-8-17)16-25-32-28-21(13-23(41-28)27(36)33-37)35(25)15-19-9-12-38-19/h2-6,13-14,17,19,37H,7-12,15-16H2,1H3,(H,33,36)/t19-,29+/m0/s1. The highest BCUT2D eigenvalue weighted by Gasteiger charge is 2.42. The normalized spacial score (nSPS) is 22.7. The fourth-order valence-corrected chi connectivity index (χ4v) is 6.96. The zero-order chi connectivity index (χ0) is 28.1. The molecule has 1 amide bonds. The molecule has 0 unspecified atom stereocenters. The molecule has 0 spiro atoms. The number of pyridine rings is 1. The van der Waals surface area contributed by atoms with Crippen molar-refractivity contribution in [3.63, 3.8) is 0 Å². The third kappa shape index (κ3) is 4.95. The Bertz CT molecular complexity index is 1600. The van der Waals surface area contributed by atoms with E-state index in [9.17, 15) is 4.79 Å². The molecule has 2 fully saturated rings. The van der Waals surface area contributed by atoms with E-state index < -0.39 is 11.7 Å². The van der Waals surface area contributed by atoms with Crippen molar-refractivity contribution >= 4 is 39.2 Å². The van der Waals surface area contributed by atoms with Gasteiger partial charge in [0, 0.05) is 25.3 Å². The fraction of sp³-hybridized carbons (Fsp3) is 0.414. The van der Waals surface area contributed by atoms with Crippen molar-refractivity contribution in [1.82, 2.24) is 24.9 Å². The van der Waals surface area contributed by atoms with Crippen molar-refractivity contribution in [2.24, 2.45) is 0 Å². The van der Waals surface area contributed by atoms with Crippen LogP contribution in [0.15, 0.2) is 42.6 Å². The number of nitrogens with zero attached hydrogens (tertiary/aromatic N) is 4. The number of rotatable bonds is 7. The molecule has 3 aromatic heterocycles. The van der Waals surface area contributed by atoms with Crippen molar-refractivity contribution < 1.29 is 24.2 Å². The average molecular weight is 596 g/mol. The topological polar surface area (TPSA) is 111 Å². The molecule has 6 heterocycles. The number of para-hydroxylation sites is 1. The van der Waals surface area contributed by atoms with Gasteiger partial charge in [0.2, 0.25) is 0 Å². The number of ether oxygens (including phenoxy) is 3. The SMILES string of the molecule is C[C@@]1(c2ccc(Cl)cn2)Oc2cccc(C3CCN(Cc4nc5sc(C(=O)NO)cc5n4C[C@@H]4CCO4)CC3)c2O1. The maximum atomic E-state index is 12.0. The van der Waals surface area contributed by atoms with Crippen LogP contribution in [-0.2, 0) is 23.6 Å². The molecule has 3 aliphatic heterocycles. The number of hydrogen-bond donors (Lipinski definition) is 2. The Morgan fingerprint density at radius 3 is 2.76 bits per heavy atom. The van der Waals surface area contributed by atoms with Crippen molar-refractivity contribution in [2.75, 3.05) is 19.7 Å². The zero-order valence-electron chi connectivity index (χ0n) is 22.5. The van der Waals surface area contributed by atoms with Gasteiger partial charge >= 0.3 is 0 Å². The first-order valence-electron chi connectivity index (χ1n) is 13.8. The van der Waals surface area contributed by atoms with Crippen LogP contribution in [0.25, 0.3) is 10.3 Å². The Morgan fingerprint density at radius 2 is 2.05 bits per heavy atom. The van der Waals surface area contributed by atoms with Crippen molar-refractivity contribution in [1.29, 1.82) is 0 Å². The third-order valence-corrected chi connectivity index (χ3v) is 9.47. The van der Waals surface area contributed by atoms with Crippen LogP contribution in [0.2, 0.25) is 5.02 Å². The lowest BCUT2D eigenvalue weighted by Gasteiger charge is -2.33. The number of hydroxylamine groups is 1. The smallest absolute Gasteiger partial charge is 0.292 e. The minimum Gasteiger partial charge on any atom is -0.443 e. The van der Waals surface area contributed by atoms with Gasteiger partial charge in [-0.1, -0.05) is 23.7 Å². The lowest BCUT2D eigenvalue weighted by molar-refractivity contribution is -0.0722. The first-order valence-corrected chi connectivity index (χ1v) is 15.0. The Labute approximate surface area is 245 Å². The number of imidazole rings is 1. The van der Waals surface area contributed by atoms with Gasteiger partial charge in [-0.05, 0) is 62.5 Å². The van der Waals surface area contributed by atoms with E-state index in [0.717, 1.165) is 73.2 Å². The number of aromatic nitrogens is 3. The van der Waals surface area contributed by atoms with Crippen LogP contribution in [-0.4, -0.2) is 56.3 Å². The van der Waals surface area contributed by atoms with Crippen LogP contribution in [0.4, 0.5) is 0 Å². The first-order chi connectivity index (χ1) is 19.9. The van der Waals surface area contributed by atoms with Gasteiger partial charge in [0.1, 0.15) is 16.3 Å². The quantitative estimate of drug-likeness (QED) is 0.225. The van der Waals surface area contributed by atoms with E-state index in [-0.39, 0.29) is 6.10 Å². The number of thiophene rings is 1. The van der Waals surface area contributed by atoms with E-state index >= 15 is 0 Å². The number of hydrogen-bond acceptors (Lipinski definition) is 9. The number of amides is 1. The van der Waals surface area contributed by atoms with Gasteiger partial charge < -0.3 is 18.8 Å². The van der Waals surface area contributed by atoms with Crippen LogP contribution < -0.4 is 15.0 Å². The summed E-state index contributed by atoms with van der Waals surface area (Å²) in [6, 6.07) is 11.5. The van der Waals surface area contributed by atoms with Gasteiger partial charge in [-0.25, -0.2) is 10.5 Å². The summed E-state index contributed by atoms with van der Waals surface area (Å²) in [7, 11) is 0. The van der Waals surface area contributed by atoms with Crippen molar-refractivity contribution in [3.8, 4) is 11.5 Å². The molecule has 1 aromatic carbocycles. The minimum atomic E-state index is -1.00. The van der Waals surface area contributed by atoms with Gasteiger partial charge in [-0.2, -0.15) is 0 Å². The average Bonchev–Trinajstić information content (AvgIpc) is 3.62. The number of fused-ring (bicyclic) bond motifs is 2. The number of carbonyl (C=O) groups excluding carboxylic acids is 1. The molecule has 12 heteroatoms. The highest BCUT2D eigenvalue weighted by molar-refractivity contribution is 7.20. The molecule has 2 saturated heterocycles.